The number of carbonyl (C=O) groups is 1. The third-order valence-corrected chi connectivity index (χ3v) is 6.47. The zero-order valence-corrected chi connectivity index (χ0v) is 17.0. The van der Waals surface area contributed by atoms with Gasteiger partial charge in [-0.1, -0.05) is 42.5 Å². The lowest BCUT2D eigenvalue weighted by Gasteiger charge is -2.39. The summed E-state index contributed by atoms with van der Waals surface area (Å²) in [6.45, 7) is 2.31. The molecule has 4 rings (SSSR count). The molecular weight excluding hydrogens is 380 g/mol. The molecule has 0 spiro atoms. The fraction of sp³-hybridized carbons (Fsp3) is 0.381. The van der Waals surface area contributed by atoms with Gasteiger partial charge in [0.2, 0.25) is 5.91 Å². The van der Waals surface area contributed by atoms with Crippen molar-refractivity contribution in [2.24, 2.45) is 0 Å². The fourth-order valence-electron chi connectivity index (χ4n) is 3.94. The Morgan fingerprint density at radius 2 is 1.89 bits per heavy atom. The van der Waals surface area contributed by atoms with Crippen molar-refractivity contribution < 1.29 is 9.53 Å². The largest absolute Gasteiger partial charge is 0.496 e. The Hall–Kier alpha value is -1.69. The van der Waals surface area contributed by atoms with Gasteiger partial charge in [0.15, 0.2) is 0 Å². The minimum Gasteiger partial charge on any atom is -0.496 e. The van der Waals surface area contributed by atoms with E-state index >= 15 is 0 Å². The maximum Gasteiger partial charge on any atom is 0.240 e. The average molecular weight is 405 g/mol. The fourth-order valence-corrected chi connectivity index (χ4v) is 5.20. The maximum atomic E-state index is 13.5. The van der Waals surface area contributed by atoms with Crippen LogP contribution in [0.1, 0.15) is 28.0 Å². The smallest absolute Gasteiger partial charge is 0.240 e. The second-order valence-electron chi connectivity index (χ2n) is 6.69. The van der Waals surface area contributed by atoms with Crippen molar-refractivity contribution >= 4 is 30.1 Å². The Balaban J connectivity index is 0.00000210. The summed E-state index contributed by atoms with van der Waals surface area (Å²) in [6, 6.07) is 16.4. The molecule has 27 heavy (non-hydrogen) atoms. The number of hydrogen-bond donors (Lipinski definition) is 1. The van der Waals surface area contributed by atoms with Crippen LogP contribution in [0.5, 0.6) is 5.75 Å². The third-order valence-electron chi connectivity index (χ3n) is 5.24. The number of benzene rings is 2. The van der Waals surface area contributed by atoms with Crippen LogP contribution in [0.2, 0.25) is 0 Å². The van der Waals surface area contributed by atoms with E-state index in [1.54, 1.807) is 18.9 Å². The third kappa shape index (κ3) is 3.96. The van der Waals surface area contributed by atoms with Crippen LogP contribution in [-0.2, 0) is 11.2 Å². The molecule has 0 bridgehead atoms. The van der Waals surface area contributed by atoms with Gasteiger partial charge in [0.25, 0.3) is 0 Å². The second kappa shape index (κ2) is 9.00. The number of nitrogens with one attached hydrogen (secondary N) is 1. The van der Waals surface area contributed by atoms with Crippen LogP contribution in [0.15, 0.2) is 48.5 Å². The van der Waals surface area contributed by atoms with Gasteiger partial charge in [0, 0.05) is 25.2 Å². The van der Waals surface area contributed by atoms with Gasteiger partial charge in [-0.3, -0.25) is 4.79 Å². The van der Waals surface area contributed by atoms with E-state index in [9.17, 15) is 4.79 Å². The number of fused-ring (bicyclic) bond motifs is 1. The minimum atomic E-state index is -0.102. The van der Waals surface area contributed by atoms with E-state index in [1.165, 1.54) is 11.1 Å². The highest BCUT2D eigenvalue weighted by molar-refractivity contribution is 8.00. The zero-order valence-electron chi connectivity index (χ0n) is 15.4. The van der Waals surface area contributed by atoms with Gasteiger partial charge in [-0.25, -0.2) is 0 Å². The normalized spacial score (nSPS) is 21.7. The topological polar surface area (TPSA) is 41.6 Å². The first-order valence-corrected chi connectivity index (χ1v) is 10.2. The number of nitrogens with zero attached hydrogens (tertiary/aromatic N) is 1. The number of amides is 1. The number of para-hydroxylation sites is 1. The number of piperazine rings is 1. The van der Waals surface area contributed by atoms with Gasteiger partial charge in [0.1, 0.15) is 11.0 Å². The lowest BCUT2D eigenvalue weighted by atomic mass is 9.98. The van der Waals surface area contributed by atoms with Crippen molar-refractivity contribution in [1.29, 1.82) is 0 Å². The lowest BCUT2D eigenvalue weighted by Crippen LogP contribution is -2.50. The number of hydrogen-bond acceptors (Lipinski definition) is 4. The molecule has 0 saturated carbocycles. The van der Waals surface area contributed by atoms with Gasteiger partial charge < -0.3 is 15.0 Å². The molecule has 6 heteroatoms. The number of carbonyl (C=O) groups excluding carboxylic acids is 1. The van der Waals surface area contributed by atoms with Crippen molar-refractivity contribution in [3.63, 3.8) is 0 Å². The number of ether oxygens (including phenoxy) is 1. The van der Waals surface area contributed by atoms with E-state index in [4.69, 9.17) is 4.74 Å². The molecular formula is C21H25ClN2O2S. The summed E-state index contributed by atoms with van der Waals surface area (Å²) in [4.78, 5) is 15.6. The van der Waals surface area contributed by atoms with Gasteiger partial charge >= 0.3 is 0 Å². The van der Waals surface area contributed by atoms with E-state index in [1.807, 2.05) is 29.2 Å². The second-order valence-corrected chi connectivity index (χ2v) is 7.91. The monoisotopic (exact) mass is 404 g/mol. The lowest BCUT2D eigenvalue weighted by molar-refractivity contribution is -0.134. The summed E-state index contributed by atoms with van der Waals surface area (Å²) < 4.78 is 5.56. The van der Waals surface area contributed by atoms with Crippen LogP contribution in [0.3, 0.4) is 0 Å². The summed E-state index contributed by atoms with van der Waals surface area (Å²) in [7, 11) is 1.69. The van der Waals surface area contributed by atoms with Crippen LogP contribution in [0.4, 0.5) is 0 Å². The molecule has 0 aliphatic carbocycles. The first kappa shape index (κ1) is 20.1. The van der Waals surface area contributed by atoms with Gasteiger partial charge in [-0.2, -0.15) is 0 Å². The van der Waals surface area contributed by atoms with Crippen LogP contribution in [-0.4, -0.2) is 43.3 Å². The van der Waals surface area contributed by atoms with Crippen molar-refractivity contribution in [3.05, 3.63) is 65.2 Å². The van der Waals surface area contributed by atoms with Crippen LogP contribution in [0.25, 0.3) is 0 Å². The molecule has 144 valence electrons. The quantitative estimate of drug-likeness (QED) is 0.848. The Morgan fingerprint density at radius 1 is 1.15 bits per heavy atom. The number of halogens is 1. The zero-order chi connectivity index (χ0) is 17.9. The summed E-state index contributed by atoms with van der Waals surface area (Å²) in [5, 5.41) is 3.33. The first-order valence-electron chi connectivity index (χ1n) is 9.13. The van der Waals surface area contributed by atoms with Gasteiger partial charge in [0.05, 0.1) is 13.2 Å². The number of rotatable bonds is 3. The molecule has 2 aromatic rings. The Bertz CT molecular complexity index is 801. The molecule has 2 aliphatic rings. The van der Waals surface area contributed by atoms with Crippen LogP contribution < -0.4 is 10.1 Å². The molecule has 1 fully saturated rings. The van der Waals surface area contributed by atoms with Crippen molar-refractivity contribution in [3.8, 4) is 5.75 Å². The predicted molar refractivity (Wildman–Crippen MR) is 113 cm³/mol. The highest BCUT2D eigenvalue weighted by atomic mass is 35.5. The van der Waals surface area contributed by atoms with Crippen molar-refractivity contribution in [2.45, 2.75) is 17.7 Å². The first-order chi connectivity index (χ1) is 12.8. The Labute approximate surface area is 171 Å². The molecule has 0 aromatic heterocycles. The van der Waals surface area contributed by atoms with Gasteiger partial charge in [-0.05, 0) is 29.4 Å². The molecule has 0 radical (unpaired) electrons. The minimum absolute atomic E-state index is 0. The molecule has 2 atom stereocenters. The summed E-state index contributed by atoms with van der Waals surface area (Å²) in [5.41, 5.74) is 3.57. The highest BCUT2D eigenvalue weighted by Crippen LogP contribution is 2.40. The molecule has 2 heterocycles. The van der Waals surface area contributed by atoms with Gasteiger partial charge in [-0.15, -0.1) is 24.2 Å². The summed E-state index contributed by atoms with van der Waals surface area (Å²) in [5.74, 6) is 2.06. The van der Waals surface area contributed by atoms with Crippen molar-refractivity contribution in [2.75, 3.05) is 32.5 Å². The van der Waals surface area contributed by atoms with Crippen molar-refractivity contribution in [1.82, 2.24) is 10.2 Å². The Morgan fingerprint density at radius 3 is 2.70 bits per heavy atom. The molecule has 1 N–H and O–H groups in total. The summed E-state index contributed by atoms with van der Waals surface area (Å²) in [6.07, 6.45) is 1.04. The number of aryl methyl sites for hydroxylation is 1. The molecule has 1 saturated heterocycles. The predicted octanol–water partition coefficient (Wildman–Crippen LogP) is 3.62. The molecule has 1 amide bonds. The van der Waals surface area contributed by atoms with E-state index in [0.29, 0.717) is 0 Å². The van der Waals surface area contributed by atoms with E-state index in [-0.39, 0.29) is 29.6 Å². The van der Waals surface area contributed by atoms with Crippen LogP contribution in [0, 0.1) is 0 Å². The van der Waals surface area contributed by atoms with E-state index in [2.05, 4.69) is 29.6 Å². The SMILES string of the molecule is COc1ccccc1C1CNCCN1C(=O)C1SCCc2ccccc21.Cl. The number of methoxy groups -OCH3 is 1. The Kier molecular flexibility index (Phi) is 6.68. The van der Waals surface area contributed by atoms with E-state index in [0.717, 1.165) is 43.1 Å². The molecule has 4 nitrogen and oxygen atoms in total. The number of thioether (sulfide) groups is 1. The van der Waals surface area contributed by atoms with E-state index < -0.39 is 0 Å². The van der Waals surface area contributed by atoms with Crippen LogP contribution >= 0.6 is 24.2 Å². The molecule has 2 unspecified atom stereocenters. The summed E-state index contributed by atoms with van der Waals surface area (Å²) >= 11 is 1.77. The maximum absolute atomic E-state index is 13.5. The average Bonchev–Trinajstić information content (AvgIpc) is 2.73. The molecule has 2 aliphatic heterocycles. The highest BCUT2D eigenvalue weighted by Gasteiger charge is 2.36. The molecule has 2 aromatic carbocycles. The standard InChI is InChI=1S/C21H24N2O2S.ClH/c1-25-19-9-5-4-8-17(19)18-14-22-11-12-23(18)21(24)20-16-7-3-2-6-15(16)10-13-26-20;/h2-9,18,20,22H,10-14H2,1H3;1H.